The van der Waals surface area contributed by atoms with E-state index in [-0.39, 0.29) is 23.8 Å². The Hall–Kier alpha value is -3.99. The maximum Gasteiger partial charge on any atom is 0.266 e. The van der Waals surface area contributed by atoms with Gasteiger partial charge in [0.1, 0.15) is 0 Å². The maximum atomic E-state index is 13.4. The molecule has 0 atom stereocenters. The van der Waals surface area contributed by atoms with Crippen LogP contribution in [0.15, 0.2) is 76.7 Å². The minimum Gasteiger partial charge on any atom is -0.256 e. The summed E-state index contributed by atoms with van der Waals surface area (Å²) in [5.41, 5.74) is 2.24. The zero-order valence-corrected chi connectivity index (χ0v) is 18.0. The van der Waals surface area contributed by atoms with E-state index < -0.39 is 10.0 Å². The molecule has 0 bridgehead atoms. The predicted molar refractivity (Wildman–Crippen MR) is 119 cm³/mol. The van der Waals surface area contributed by atoms with Crippen LogP contribution < -0.4 is 4.31 Å². The second kappa shape index (κ2) is 9.43. The molecule has 162 valence electrons. The van der Waals surface area contributed by atoms with Crippen LogP contribution in [0.4, 0.5) is 11.6 Å². The van der Waals surface area contributed by atoms with Crippen LogP contribution >= 0.6 is 0 Å². The first-order valence-electron chi connectivity index (χ1n) is 9.76. The van der Waals surface area contributed by atoms with Gasteiger partial charge in [-0.1, -0.05) is 35.5 Å². The predicted octanol–water partition coefficient (Wildman–Crippen LogP) is 2.49. The number of hydrogen-bond donors (Lipinski definition) is 1. The molecule has 4 rings (SSSR count). The van der Waals surface area contributed by atoms with Crippen molar-refractivity contribution >= 4 is 27.9 Å². The topological polar surface area (TPSA) is 130 Å². The summed E-state index contributed by atoms with van der Waals surface area (Å²) in [7, 11) is -3.94. The van der Waals surface area contributed by atoms with Gasteiger partial charge in [0.05, 0.1) is 10.6 Å². The highest BCUT2D eigenvalue weighted by molar-refractivity contribution is 7.92. The lowest BCUT2D eigenvalue weighted by molar-refractivity contribution is 0.588. The summed E-state index contributed by atoms with van der Waals surface area (Å²) >= 11 is 0. The van der Waals surface area contributed by atoms with Gasteiger partial charge < -0.3 is 0 Å². The lowest BCUT2D eigenvalue weighted by Gasteiger charge is -2.22. The number of tetrazole rings is 1. The number of nitrogens with zero attached hydrogens (tertiary/aromatic N) is 7. The number of aromatic nitrogens is 6. The van der Waals surface area contributed by atoms with Gasteiger partial charge in [-0.15, -0.1) is 10.2 Å². The quantitative estimate of drug-likeness (QED) is 0.410. The normalized spacial score (nSPS) is 11.7. The van der Waals surface area contributed by atoms with E-state index in [1.165, 1.54) is 18.3 Å². The molecule has 0 radical (unpaired) electrons. The van der Waals surface area contributed by atoms with E-state index in [1.807, 2.05) is 30.3 Å². The van der Waals surface area contributed by atoms with Gasteiger partial charge >= 0.3 is 0 Å². The Bertz CT molecular complexity index is 1290. The first kappa shape index (κ1) is 21.2. The lowest BCUT2D eigenvalue weighted by atomic mass is 10.2. The molecule has 11 heteroatoms. The highest BCUT2D eigenvalue weighted by Gasteiger charge is 2.27. The SMILES string of the molecule is Cc1ccnc(N(CCc2nn[nH]n2)S(=O)(=O)c2ccc(N=Cc3ccccc3)cc2)n1. The molecule has 2 aromatic carbocycles. The number of nitrogens with one attached hydrogen (secondary N) is 1. The van der Waals surface area contributed by atoms with Crippen LogP contribution in [0, 0.1) is 6.92 Å². The number of aliphatic imine (C=N–C) groups is 1. The number of aromatic amines is 1. The smallest absolute Gasteiger partial charge is 0.256 e. The maximum absolute atomic E-state index is 13.4. The summed E-state index contributed by atoms with van der Waals surface area (Å²) in [4.78, 5) is 13.0. The number of rotatable bonds is 8. The first-order chi connectivity index (χ1) is 15.5. The fraction of sp³-hybridized carbons (Fsp3) is 0.143. The van der Waals surface area contributed by atoms with Crippen molar-refractivity contribution in [2.45, 2.75) is 18.2 Å². The number of aryl methyl sites for hydroxylation is 1. The van der Waals surface area contributed by atoms with Crippen molar-refractivity contribution in [3.05, 3.63) is 83.9 Å². The molecule has 0 saturated carbocycles. The second-order valence-corrected chi connectivity index (χ2v) is 8.68. The summed E-state index contributed by atoms with van der Waals surface area (Å²) < 4.78 is 28.0. The fourth-order valence-corrected chi connectivity index (χ4v) is 4.26. The summed E-state index contributed by atoms with van der Waals surface area (Å²) in [6.45, 7) is 1.83. The molecular weight excluding hydrogens is 428 g/mol. The number of benzene rings is 2. The van der Waals surface area contributed by atoms with E-state index in [1.54, 1.807) is 31.3 Å². The first-order valence-corrected chi connectivity index (χ1v) is 11.2. The van der Waals surface area contributed by atoms with Crippen LogP contribution in [0.2, 0.25) is 0 Å². The van der Waals surface area contributed by atoms with Crippen molar-refractivity contribution in [3.63, 3.8) is 0 Å². The highest BCUT2D eigenvalue weighted by Crippen LogP contribution is 2.23. The van der Waals surface area contributed by atoms with Gasteiger partial charge in [-0.05, 0) is 42.8 Å². The van der Waals surface area contributed by atoms with Gasteiger partial charge in [0.25, 0.3) is 10.0 Å². The third-order valence-electron chi connectivity index (χ3n) is 4.52. The third-order valence-corrected chi connectivity index (χ3v) is 6.31. The minimum atomic E-state index is -3.94. The van der Waals surface area contributed by atoms with Crippen LogP contribution in [0.1, 0.15) is 17.1 Å². The van der Waals surface area contributed by atoms with Gasteiger partial charge in [-0.2, -0.15) is 5.21 Å². The van der Waals surface area contributed by atoms with Crippen LogP contribution in [0.3, 0.4) is 0 Å². The Morgan fingerprint density at radius 1 is 1.06 bits per heavy atom. The highest BCUT2D eigenvalue weighted by atomic mass is 32.2. The van der Waals surface area contributed by atoms with Crippen LogP contribution in [-0.2, 0) is 16.4 Å². The van der Waals surface area contributed by atoms with Crippen molar-refractivity contribution in [2.24, 2.45) is 4.99 Å². The van der Waals surface area contributed by atoms with Gasteiger partial charge in [-0.25, -0.2) is 22.7 Å². The number of sulfonamides is 1. The molecule has 0 unspecified atom stereocenters. The van der Waals surface area contributed by atoms with Crippen molar-refractivity contribution < 1.29 is 8.42 Å². The molecule has 0 saturated heterocycles. The summed E-state index contributed by atoms with van der Waals surface area (Å²) in [5, 5.41) is 13.6. The van der Waals surface area contributed by atoms with Crippen molar-refractivity contribution in [1.29, 1.82) is 0 Å². The third kappa shape index (κ3) is 5.01. The Balaban J connectivity index is 1.60. The van der Waals surface area contributed by atoms with Gasteiger partial charge in [-0.3, -0.25) is 4.99 Å². The molecule has 0 spiro atoms. The number of anilines is 1. The molecule has 1 N–H and O–H groups in total. The van der Waals surface area contributed by atoms with Crippen molar-refractivity contribution in [2.75, 3.05) is 10.8 Å². The molecule has 4 aromatic rings. The monoisotopic (exact) mass is 448 g/mol. The largest absolute Gasteiger partial charge is 0.266 e. The molecule has 0 aliphatic rings. The summed E-state index contributed by atoms with van der Waals surface area (Å²) in [5.74, 6) is 0.475. The van der Waals surface area contributed by atoms with Crippen LogP contribution in [-0.4, -0.2) is 51.8 Å². The molecule has 0 aliphatic carbocycles. The second-order valence-electron chi connectivity index (χ2n) is 6.82. The van der Waals surface area contributed by atoms with E-state index in [0.29, 0.717) is 17.2 Å². The van der Waals surface area contributed by atoms with Gasteiger partial charge in [0, 0.05) is 31.1 Å². The van der Waals surface area contributed by atoms with Crippen molar-refractivity contribution in [3.8, 4) is 0 Å². The molecule has 2 aromatic heterocycles. The Labute approximate surface area is 185 Å². The Morgan fingerprint density at radius 2 is 1.84 bits per heavy atom. The zero-order chi connectivity index (χ0) is 22.4. The van der Waals surface area contributed by atoms with Crippen LogP contribution in [0.5, 0.6) is 0 Å². The standard InChI is InChI=1S/C21H20N8O2S/c1-16-11-13-22-21(24-16)29(14-12-20-25-27-28-26-20)32(30,31)19-9-7-18(8-10-19)23-15-17-5-3-2-4-6-17/h2-11,13,15H,12,14H2,1H3,(H,25,26,27,28). The number of H-pyrrole nitrogens is 1. The zero-order valence-electron chi connectivity index (χ0n) is 17.2. The molecule has 2 heterocycles. The van der Waals surface area contributed by atoms with Gasteiger partial charge in [0.15, 0.2) is 5.82 Å². The molecule has 0 aliphatic heterocycles. The Kier molecular flexibility index (Phi) is 6.26. The minimum absolute atomic E-state index is 0.0548. The number of hydrogen-bond acceptors (Lipinski definition) is 8. The van der Waals surface area contributed by atoms with E-state index in [9.17, 15) is 8.42 Å². The van der Waals surface area contributed by atoms with E-state index >= 15 is 0 Å². The molecule has 0 amide bonds. The summed E-state index contributed by atoms with van der Waals surface area (Å²) in [6.07, 6.45) is 3.49. The average Bonchev–Trinajstić information content (AvgIpc) is 3.32. The molecule has 10 nitrogen and oxygen atoms in total. The lowest BCUT2D eigenvalue weighted by Crippen LogP contribution is -2.34. The molecule has 0 fully saturated rings. The molecule has 32 heavy (non-hydrogen) atoms. The van der Waals surface area contributed by atoms with Crippen molar-refractivity contribution in [1.82, 2.24) is 30.6 Å². The van der Waals surface area contributed by atoms with E-state index in [2.05, 4.69) is 35.6 Å². The van der Waals surface area contributed by atoms with E-state index in [4.69, 9.17) is 0 Å². The average molecular weight is 449 g/mol. The summed E-state index contributed by atoms with van der Waals surface area (Å²) in [6, 6.07) is 17.7. The van der Waals surface area contributed by atoms with Gasteiger partial charge in [0.2, 0.25) is 5.95 Å². The molecular formula is C21H20N8O2S. The fourth-order valence-electron chi connectivity index (χ4n) is 2.89. The Morgan fingerprint density at radius 3 is 2.53 bits per heavy atom. The van der Waals surface area contributed by atoms with E-state index in [0.717, 1.165) is 9.87 Å². The van der Waals surface area contributed by atoms with Crippen LogP contribution in [0.25, 0.3) is 0 Å².